The van der Waals surface area contributed by atoms with Gasteiger partial charge < -0.3 is 20.3 Å². The van der Waals surface area contributed by atoms with Crippen LogP contribution in [0.15, 0.2) is 24.3 Å². The van der Waals surface area contributed by atoms with Crippen LogP contribution in [0.1, 0.15) is 33.6 Å². The molecule has 0 bridgehead atoms. The molecule has 132 valence electrons. The third-order valence-electron chi connectivity index (χ3n) is 4.52. The highest BCUT2D eigenvalue weighted by atomic mass is 16.5. The van der Waals surface area contributed by atoms with Crippen molar-refractivity contribution >= 4 is 11.8 Å². The molecule has 0 saturated carbocycles. The van der Waals surface area contributed by atoms with Crippen LogP contribution in [0.25, 0.3) is 0 Å². The van der Waals surface area contributed by atoms with Gasteiger partial charge in [-0.1, -0.05) is 6.07 Å². The fourth-order valence-electron chi connectivity index (χ4n) is 3.06. The molecular weight excluding hydrogens is 306 g/mol. The van der Waals surface area contributed by atoms with E-state index >= 15 is 0 Å². The molecule has 1 aliphatic rings. The first kappa shape index (κ1) is 18.4. The summed E-state index contributed by atoms with van der Waals surface area (Å²) in [5.41, 5.74) is 0.998. The molecule has 24 heavy (non-hydrogen) atoms. The van der Waals surface area contributed by atoms with Crippen LogP contribution in [0.5, 0.6) is 0 Å². The molecule has 0 aliphatic carbocycles. The summed E-state index contributed by atoms with van der Waals surface area (Å²) in [6, 6.07) is 6.83. The summed E-state index contributed by atoms with van der Waals surface area (Å²) in [4.78, 5) is 26.0. The van der Waals surface area contributed by atoms with Crippen LogP contribution in [0.2, 0.25) is 0 Å². The summed E-state index contributed by atoms with van der Waals surface area (Å²) in [6.45, 7) is 3.08. The van der Waals surface area contributed by atoms with E-state index in [-0.39, 0.29) is 17.2 Å². The van der Waals surface area contributed by atoms with Crippen molar-refractivity contribution in [1.29, 1.82) is 0 Å². The summed E-state index contributed by atoms with van der Waals surface area (Å²) in [5.74, 6) is -0.267. The molecule has 0 unspecified atom stereocenters. The van der Waals surface area contributed by atoms with Gasteiger partial charge in [0.05, 0.1) is 6.61 Å². The number of nitrogens with zero attached hydrogens (tertiary/aromatic N) is 1. The Morgan fingerprint density at radius 2 is 1.92 bits per heavy atom. The Balaban J connectivity index is 2.04. The van der Waals surface area contributed by atoms with Gasteiger partial charge in [0.25, 0.3) is 11.8 Å². The Kier molecular flexibility index (Phi) is 6.34. The highest BCUT2D eigenvalue weighted by Crippen LogP contribution is 2.28. The first-order valence-electron chi connectivity index (χ1n) is 8.27. The molecule has 1 fully saturated rings. The van der Waals surface area contributed by atoms with Crippen LogP contribution in [-0.2, 0) is 4.74 Å². The molecule has 1 aliphatic heterocycles. The summed E-state index contributed by atoms with van der Waals surface area (Å²) >= 11 is 0. The van der Waals surface area contributed by atoms with Gasteiger partial charge in [0.1, 0.15) is 0 Å². The van der Waals surface area contributed by atoms with E-state index in [1.54, 1.807) is 45.5 Å². The van der Waals surface area contributed by atoms with E-state index in [1.165, 1.54) is 4.90 Å². The minimum atomic E-state index is -0.155. The molecule has 1 heterocycles. The lowest BCUT2D eigenvalue weighted by molar-refractivity contribution is 0.0512. The number of rotatable bonds is 6. The van der Waals surface area contributed by atoms with Crippen molar-refractivity contribution in [3.8, 4) is 0 Å². The van der Waals surface area contributed by atoms with Crippen molar-refractivity contribution in [3.63, 3.8) is 0 Å². The molecule has 2 N–H and O–H groups in total. The number of methoxy groups -OCH3 is 1. The Morgan fingerprint density at radius 3 is 2.54 bits per heavy atom. The van der Waals surface area contributed by atoms with Crippen LogP contribution in [0.3, 0.4) is 0 Å². The average Bonchev–Trinajstić information content (AvgIpc) is 2.60. The van der Waals surface area contributed by atoms with Crippen molar-refractivity contribution in [3.05, 3.63) is 35.4 Å². The molecule has 0 spiro atoms. The average molecular weight is 333 g/mol. The second-order valence-corrected chi connectivity index (χ2v) is 6.65. The Hall–Kier alpha value is -1.92. The molecule has 6 heteroatoms. The number of ether oxygens (including phenoxy) is 1. The number of hydrogen-bond donors (Lipinski definition) is 2. The third-order valence-corrected chi connectivity index (χ3v) is 4.52. The second kappa shape index (κ2) is 8.26. The molecule has 0 atom stereocenters. The third kappa shape index (κ3) is 4.55. The molecule has 1 aromatic carbocycles. The molecule has 6 nitrogen and oxygen atoms in total. The normalized spacial score (nSPS) is 16.5. The maximum Gasteiger partial charge on any atom is 0.253 e. The predicted molar refractivity (Wildman–Crippen MR) is 93.2 cm³/mol. The number of amides is 2. The lowest BCUT2D eigenvalue weighted by atomic mass is 9.79. The van der Waals surface area contributed by atoms with Crippen LogP contribution in [-0.4, -0.2) is 64.2 Å². The van der Waals surface area contributed by atoms with Gasteiger partial charge in [-0.3, -0.25) is 9.59 Å². The SMILES string of the molecule is COCC1(CNC(=O)c2cccc(C(=O)N(C)C)c2)CCNCC1. The van der Waals surface area contributed by atoms with Crippen LogP contribution in [0, 0.1) is 5.41 Å². The van der Waals surface area contributed by atoms with Crippen molar-refractivity contribution < 1.29 is 14.3 Å². The van der Waals surface area contributed by atoms with Gasteiger partial charge >= 0.3 is 0 Å². The van der Waals surface area contributed by atoms with Crippen molar-refractivity contribution in [1.82, 2.24) is 15.5 Å². The van der Waals surface area contributed by atoms with E-state index in [2.05, 4.69) is 10.6 Å². The first-order valence-corrected chi connectivity index (χ1v) is 8.27. The molecule has 1 aromatic rings. The molecular formula is C18H27N3O3. The summed E-state index contributed by atoms with van der Waals surface area (Å²) < 4.78 is 5.37. The van der Waals surface area contributed by atoms with Gasteiger partial charge in [0, 0.05) is 44.3 Å². The maximum atomic E-state index is 12.5. The molecule has 0 radical (unpaired) electrons. The first-order chi connectivity index (χ1) is 11.5. The van der Waals surface area contributed by atoms with E-state index in [0.29, 0.717) is 24.3 Å². The van der Waals surface area contributed by atoms with Gasteiger partial charge in [0.2, 0.25) is 0 Å². The standard InChI is InChI=1S/C18H27N3O3/c1-21(2)17(23)15-6-4-5-14(11-15)16(22)20-12-18(13-24-3)7-9-19-10-8-18/h4-6,11,19H,7-10,12-13H2,1-3H3,(H,20,22). The van der Waals surface area contributed by atoms with Crippen LogP contribution in [0.4, 0.5) is 0 Å². The number of carbonyl (C=O) groups excluding carboxylic acids is 2. The lowest BCUT2D eigenvalue weighted by Gasteiger charge is -2.37. The van der Waals surface area contributed by atoms with E-state index in [1.807, 2.05) is 0 Å². The Morgan fingerprint density at radius 1 is 1.25 bits per heavy atom. The molecule has 2 rings (SSSR count). The number of carbonyl (C=O) groups is 2. The zero-order chi connectivity index (χ0) is 17.6. The summed E-state index contributed by atoms with van der Waals surface area (Å²) in [7, 11) is 5.09. The number of piperidine rings is 1. The van der Waals surface area contributed by atoms with Gasteiger partial charge in [0.15, 0.2) is 0 Å². The molecule has 1 saturated heterocycles. The highest BCUT2D eigenvalue weighted by Gasteiger charge is 2.32. The number of benzene rings is 1. The van der Waals surface area contributed by atoms with Gasteiger partial charge in [-0.2, -0.15) is 0 Å². The predicted octanol–water partition coefficient (Wildman–Crippen LogP) is 1.13. The smallest absolute Gasteiger partial charge is 0.253 e. The van der Waals surface area contributed by atoms with E-state index in [9.17, 15) is 9.59 Å². The van der Waals surface area contributed by atoms with Gasteiger partial charge in [-0.05, 0) is 44.1 Å². The Labute approximate surface area is 143 Å². The fraction of sp³-hybridized carbons (Fsp3) is 0.556. The van der Waals surface area contributed by atoms with E-state index in [0.717, 1.165) is 25.9 Å². The van der Waals surface area contributed by atoms with Crippen molar-refractivity contribution in [2.75, 3.05) is 47.4 Å². The van der Waals surface area contributed by atoms with Crippen LogP contribution < -0.4 is 10.6 Å². The second-order valence-electron chi connectivity index (χ2n) is 6.65. The maximum absolute atomic E-state index is 12.5. The zero-order valence-corrected chi connectivity index (χ0v) is 14.7. The zero-order valence-electron chi connectivity index (χ0n) is 14.7. The highest BCUT2D eigenvalue weighted by molar-refractivity contribution is 5.99. The lowest BCUT2D eigenvalue weighted by Crippen LogP contribution is -2.47. The monoisotopic (exact) mass is 333 g/mol. The minimum absolute atomic E-state index is 0.0211. The van der Waals surface area contributed by atoms with Crippen molar-refractivity contribution in [2.45, 2.75) is 12.8 Å². The largest absolute Gasteiger partial charge is 0.384 e. The molecule has 0 aromatic heterocycles. The van der Waals surface area contributed by atoms with E-state index < -0.39 is 0 Å². The van der Waals surface area contributed by atoms with Crippen molar-refractivity contribution in [2.24, 2.45) is 5.41 Å². The minimum Gasteiger partial charge on any atom is -0.384 e. The number of hydrogen-bond acceptors (Lipinski definition) is 4. The quantitative estimate of drug-likeness (QED) is 0.819. The van der Waals surface area contributed by atoms with Gasteiger partial charge in [-0.25, -0.2) is 0 Å². The number of nitrogens with one attached hydrogen (secondary N) is 2. The summed E-state index contributed by atoms with van der Waals surface area (Å²) in [6.07, 6.45) is 1.94. The van der Waals surface area contributed by atoms with E-state index in [4.69, 9.17) is 4.74 Å². The topological polar surface area (TPSA) is 70.7 Å². The fourth-order valence-corrected chi connectivity index (χ4v) is 3.06. The van der Waals surface area contributed by atoms with Gasteiger partial charge in [-0.15, -0.1) is 0 Å². The van der Waals surface area contributed by atoms with Crippen LogP contribution >= 0.6 is 0 Å². The molecule has 2 amide bonds. The summed E-state index contributed by atoms with van der Waals surface area (Å²) in [5, 5.41) is 6.36. The Bertz CT molecular complexity index is 575.